The van der Waals surface area contributed by atoms with E-state index in [0.717, 1.165) is 12.1 Å². The number of ether oxygens (including phenoxy) is 2. The average molecular weight is 422 g/mol. The Kier molecular flexibility index (Phi) is 6.49. The summed E-state index contributed by atoms with van der Waals surface area (Å²) in [6, 6.07) is 9.58. The molecule has 1 N–H and O–H groups in total. The third-order valence-electron chi connectivity index (χ3n) is 4.50. The molecule has 1 aliphatic heterocycles. The monoisotopic (exact) mass is 422 g/mol. The SMILES string of the molecule is CCN(CC(=O)Nc1ccc2c(c1)OCCO2)C(=O)Cc1cccc(C(F)(F)F)c1. The molecule has 0 radical (unpaired) electrons. The number of likely N-dealkylation sites (N-methyl/N-ethyl adjacent to an activating group) is 1. The summed E-state index contributed by atoms with van der Waals surface area (Å²) < 4.78 is 49.4. The van der Waals surface area contributed by atoms with Crippen molar-refractivity contribution in [2.45, 2.75) is 19.5 Å². The third-order valence-corrected chi connectivity index (χ3v) is 4.50. The summed E-state index contributed by atoms with van der Waals surface area (Å²) >= 11 is 0. The molecule has 9 heteroatoms. The number of hydrogen-bond acceptors (Lipinski definition) is 4. The Balaban J connectivity index is 1.60. The first-order valence-corrected chi connectivity index (χ1v) is 9.39. The lowest BCUT2D eigenvalue weighted by atomic mass is 10.1. The molecule has 30 heavy (non-hydrogen) atoms. The maximum Gasteiger partial charge on any atom is 0.416 e. The standard InChI is InChI=1S/C21H21F3N2O4/c1-2-26(20(28)11-14-4-3-5-15(10-14)21(22,23)24)13-19(27)25-16-6-7-17-18(12-16)30-9-8-29-17/h3-7,10,12H,2,8-9,11,13H2,1H3,(H,25,27). The van der Waals surface area contributed by atoms with Crippen LogP contribution in [-0.2, 0) is 22.2 Å². The molecule has 1 heterocycles. The molecule has 2 aromatic rings. The van der Waals surface area contributed by atoms with E-state index in [1.54, 1.807) is 25.1 Å². The Labute approximate surface area is 171 Å². The Morgan fingerprint density at radius 2 is 1.80 bits per heavy atom. The minimum absolute atomic E-state index is 0.220. The van der Waals surface area contributed by atoms with Crippen molar-refractivity contribution in [1.82, 2.24) is 4.90 Å². The molecule has 2 aromatic carbocycles. The lowest BCUT2D eigenvalue weighted by molar-refractivity contribution is -0.138. The number of anilines is 1. The second-order valence-corrected chi connectivity index (χ2v) is 6.69. The van der Waals surface area contributed by atoms with Crippen molar-refractivity contribution >= 4 is 17.5 Å². The highest BCUT2D eigenvalue weighted by atomic mass is 19.4. The van der Waals surface area contributed by atoms with E-state index in [1.807, 2.05) is 0 Å². The van der Waals surface area contributed by atoms with Gasteiger partial charge in [-0.25, -0.2) is 0 Å². The molecular weight excluding hydrogens is 401 g/mol. The molecule has 0 bridgehead atoms. The first-order chi connectivity index (χ1) is 14.3. The minimum atomic E-state index is -4.48. The molecule has 0 aromatic heterocycles. The highest BCUT2D eigenvalue weighted by Crippen LogP contribution is 2.32. The average Bonchev–Trinajstić information content (AvgIpc) is 2.71. The van der Waals surface area contributed by atoms with E-state index in [0.29, 0.717) is 30.4 Å². The van der Waals surface area contributed by atoms with Crippen molar-refractivity contribution in [3.05, 3.63) is 53.6 Å². The van der Waals surface area contributed by atoms with Gasteiger partial charge in [0.05, 0.1) is 18.5 Å². The van der Waals surface area contributed by atoms with Gasteiger partial charge in [0.15, 0.2) is 11.5 Å². The topological polar surface area (TPSA) is 67.9 Å². The van der Waals surface area contributed by atoms with Gasteiger partial charge in [-0.15, -0.1) is 0 Å². The van der Waals surface area contributed by atoms with Gasteiger partial charge in [-0.05, 0) is 30.7 Å². The molecule has 0 saturated heterocycles. The predicted molar refractivity (Wildman–Crippen MR) is 103 cm³/mol. The molecular formula is C21H21F3N2O4. The second-order valence-electron chi connectivity index (χ2n) is 6.69. The number of nitrogens with one attached hydrogen (secondary N) is 1. The molecule has 0 saturated carbocycles. The lowest BCUT2D eigenvalue weighted by Gasteiger charge is -2.21. The highest BCUT2D eigenvalue weighted by Gasteiger charge is 2.30. The van der Waals surface area contributed by atoms with Crippen molar-refractivity contribution in [2.24, 2.45) is 0 Å². The van der Waals surface area contributed by atoms with Gasteiger partial charge in [0.1, 0.15) is 13.2 Å². The summed E-state index contributed by atoms with van der Waals surface area (Å²) in [4.78, 5) is 26.2. The van der Waals surface area contributed by atoms with E-state index in [2.05, 4.69) is 5.32 Å². The van der Waals surface area contributed by atoms with Crippen LogP contribution in [0, 0.1) is 0 Å². The Hall–Kier alpha value is -3.23. The Morgan fingerprint density at radius 1 is 1.07 bits per heavy atom. The number of halogens is 3. The fourth-order valence-electron chi connectivity index (χ4n) is 3.02. The van der Waals surface area contributed by atoms with E-state index >= 15 is 0 Å². The molecule has 3 rings (SSSR count). The number of hydrogen-bond donors (Lipinski definition) is 1. The smallest absolute Gasteiger partial charge is 0.416 e. The number of fused-ring (bicyclic) bond motifs is 1. The maximum absolute atomic E-state index is 12.8. The van der Waals surface area contributed by atoms with Gasteiger partial charge in [0.2, 0.25) is 11.8 Å². The van der Waals surface area contributed by atoms with E-state index in [9.17, 15) is 22.8 Å². The number of benzene rings is 2. The van der Waals surface area contributed by atoms with Gasteiger partial charge in [0, 0.05) is 18.3 Å². The van der Waals surface area contributed by atoms with Crippen LogP contribution in [0.15, 0.2) is 42.5 Å². The zero-order valence-electron chi connectivity index (χ0n) is 16.3. The molecule has 0 atom stereocenters. The van der Waals surface area contributed by atoms with E-state index in [-0.39, 0.29) is 25.1 Å². The van der Waals surface area contributed by atoms with Crippen molar-refractivity contribution in [3.8, 4) is 11.5 Å². The predicted octanol–water partition coefficient (Wildman–Crippen LogP) is 3.51. The largest absolute Gasteiger partial charge is 0.486 e. The number of alkyl halides is 3. The van der Waals surface area contributed by atoms with Crippen LogP contribution in [0.4, 0.5) is 18.9 Å². The highest BCUT2D eigenvalue weighted by molar-refractivity contribution is 5.95. The first kappa shape index (κ1) is 21.5. The van der Waals surface area contributed by atoms with E-state index < -0.39 is 23.6 Å². The zero-order chi connectivity index (χ0) is 21.7. The third kappa shape index (κ3) is 5.43. The van der Waals surface area contributed by atoms with Crippen molar-refractivity contribution in [2.75, 3.05) is 31.6 Å². The second kappa shape index (κ2) is 9.06. The molecule has 0 aliphatic carbocycles. The van der Waals surface area contributed by atoms with E-state index in [4.69, 9.17) is 9.47 Å². The summed E-state index contributed by atoms with van der Waals surface area (Å²) in [5, 5.41) is 2.69. The number of amides is 2. The van der Waals surface area contributed by atoms with Gasteiger partial charge in [-0.2, -0.15) is 13.2 Å². The molecule has 1 aliphatic rings. The summed E-state index contributed by atoms with van der Waals surface area (Å²) in [7, 11) is 0. The van der Waals surface area contributed by atoms with Crippen LogP contribution in [0.1, 0.15) is 18.1 Å². The summed E-state index contributed by atoms with van der Waals surface area (Å²) in [6.07, 6.45) is -4.71. The molecule has 0 spiro atoms. The van der Waals surface area contributed by atoms with Crippen LogP contribution < -0.4 is 14.8 Å². The van der Waals surface area contributed by atoms with Gasteiger partial charge in [0.25, 0.3) is 0 Å². The Bertz CT molecular complexity index is 931. The van der Waals surface area contributed by atoms with Crippen LogP contribution in [0.25, 0.3) is 0 Å². The maximum atomic E-state index is 12.8. The van der Waals surface area contributed by atoms with Crippen LogP contribution >= 0.6 is 0 Å². The summed E-state index contributed by atoms with van der Waals surface area (Å²) in [6.45, 7) is 2.59. The summed E-state index contributed by atoms with van der Waals surface area (Å²) in [5.41, 5.74) is -0.0849. The zero-order valence-corrected chi connectivity index (χ0v) is 16.3. The van der Waals surface area contributed by atoms with Crippen LogP contribution in [0.5, 0.6) is 11.5 Å². The minimum Gasteiger partial charge on any atom is -0.486 e. The quantitative estimate of drug-likeness (QED) is 0.774. The number of rotatable bonds is 6. The Morgan fingerprint density at radius 3 is 2.50 bits per heavy atom. The lowest BCUT2D eigenvalue weighted by Crippen LogP contribution is -2.38. The van der Waals surface area contributed by atoms with Crippen LogP contribution in [0.2, 0.25) is 0 Å². The number of carbonyl (C=O) groups excluding carboxylic acids is 2. The number of nitrogens with zero attached hydrogens (tertiary/aromatic N) is 1. The molecule has 160 valence electrons. The van der Waals surface area contributed by atoms with Crippen molar-refractivity contribution in [1.29, 1.82) is 0 Å². The molecule has 0 fully saturated rings. The normalized spacial score (nSPS) is 12.9. The molecule has 6 nitrogen and oxygen atoms in total. The van der Waals surface area contributed by atoms with Gasteiger partial charge < -0.3 is 19.7 Å². The van der Waals surface area contributed by atoms with Gasteiger partial charge >= 0.3 is 6.18 Å². The van der Waals surface area contributed by atoms with Crippen LogP contribution in [0.3, 0.4) is 0 Å². The van der Waals surface area contributed by atoms with Crippen LogP contribution in [-0.4, -0.2) is 43.0 Å². The fraction of sp³-hybridized carbons (Fsp3) is 0.333. The first-order valence-electron chi connectivity index (χ1n) is 9.39. The molecule has 0 unspecified atom stereocenters. The van der Waals surface area contributed by atoms with Gasteiger partial charge in [-0.3, -0.25) is 9.59 Å². The number of carbonyl (C=O) groups is 2. The van der Waals surface area contributed by atoms with Crippen molar-refractivity contribution in [3.63, 3.8) is 0 Å². The molecule has 2 amide bonds. The summed E-state index contributed by atoms with van der Waals surface area (Å²) in [5.74, 6) is 0.248. The van der Waals surface area contributed by atoms with Gasteiger partial charge in [-0.1, -0.05) is 18.2 Å². The van der Waals surface area contributed by atoms with E-state index in [1.165, 1.54) is 17.0 Å². The van der Waals surface area contributed by atoms with Crippen molar-refractivity contribution < 1.29 is 32.2 Å². The fourth-order valence-corrected chi connectivity index (χ4v) is 3.02.